The molecule has 0 atom stereocenters. The maximum Gasteiger partial charge on any atom is 0.0948 e. The molecule has 1 fully saturated rings. The summed E-state index contributed by atoms with van der Waals surface area (Å²) in [7, 11) is 2.15. The van der Waals surface area contributed by atoms with Crippen molar-refractivity contribution in [3.05, 3.63) is 18.2 Å². The quantitative estimate of drug-likeness (QED) is 0.766. The first-order chi connectivity index (χ1) is 7.31. The summed E-state index contributed by atoms with van der Waals surface area (Å²) in [5, 5.41) is 3.30. The predicted octanol–water partition coefficient (Wildman–Crippen LogP) is 0.522. The van der Waals surface area contributed by atoms with Gasteiger partial charge in [-0.05, 0) is 13.6 Å². The molecule has 0 radical (unpaired) electrons. The van der Waals surface area contributed by atoms with Crippen molar-refractivity contribution in [2.45, 2.75) is 19.4 Å². The Bertz CT molecular complexity index is 303. The minimum atomic E-state index is 0.680. The van der Waals surface area contributed by atoms with Crippen molar-refractivity contribution in [1.82, 2.24) is 19.8 Å². The van der Waals surface area contributed by atoms with Gasteiger partial charge >= 0.3 is 0 Å². The maximum absolute atomic E-state index is 4.25. The van der Waals surface area contributed by atoms with Crippen LogP contribution in [-0.2, 0) is 6.54 Å². The zero-order valence-electron chi connectivity index (χ0n) is 9.61. The van der Waals surface area contributed by atoms with E-state index >= 15 is 0 Å². The Kier molecular flexibility index (Phi) is 3.38. The van der Waals surface area contributed by atoms with E-state index in [-0.39, 0.29) is 0 Å². The molecule has 0 aliphatic carbocycles. The van der Waals surface area contributed by atoms with Crippen LogP contribution in [0.15, 0.2) is 12.5 Å². The first-order valence-electron chi connectivity index (χ1n) is 5.70. The van der Waals surface area contributed by atoms with E-state index in [2.05, 4.69) is 33.7 Å². The van der Waals surface area contributed by atoms with E-state index in [1.54, 1.807) is 0 Å². The largest absolute Gasteiger partial charge is 0.333 e. The first kappa shape index (κ1) is 10.6. The van der Waals surface area contributed by atoms with E-state index in [1.165, 1.54) is 5.69 Å². The Morgan fingerprint density at radius 2 is 2.40 bits per heavy atom. The second kappa shape index (κ2) is 4.77. The fraction of sp³-hybridized carbons (Fsp3) is 0.727. The molecule has 1 saturated heterocycles. The van der Waals surface area contributed by atoms with Crippen LogP contribution >= 0.6 is 0 Å². The Balaban J connectivity index is 1.92. The van der Waals surface area contributed by atoms with Gasteiger partial charge in [-0.15, -0.1) is 0 Å². The maximum atomic E-state index is 4.25. The van der Waals surface area contributed by atoms with E-state index in [0.717, 1.165) is 32.7 Å². The molecule has 0 aromatic carbocycles. The third-order valence-corrected chi connectivity index (χ3v) is 3.21. The van der Waals surface area contributed by atoms with Crippen molar-refractivity contribution in [3.63, 3.8) is 0 Å². The third kappa shape index (κ3) is 2.38. The Morgan fingerprint density at radius 3 is 3.00 bits per heavy atom. The second-order valence-electron chi connectivity index (χ2n) is 4.26. The second-order valence-corrected chi connectivity index (χ2v) is 4.26. The summed E-state index contributed by atoms with van der Waals surface area (Å²) in [5.41, 5.74) is 1.39. The molecule has 84 valence electrons. The van der Waals surface area contributed by atoms with E-state index in [9.17, 15) is 0 Å². The van der Waals surface area contributed by atoms with Crippen molar-refractivity contribution in [3.8, 4) is 0 Å². The van der Waals surface area contributed by atoms with Gasteiger partial charge in [0.05, 0.1) is 6.33 Å². The third-order valence-electron chi connectivity index (χ3n) is 3.21. The van der Waals surface area contributed by atoms with Gasteiger partial charge in [0.15, 0.2) is 0 Å². The van der Waals surface area contributed by atoms with Gasteiger partial charge in [-0.2, -0.15) is 0 Å². The van der Waals surface area contributed by atoms with E-state index < -0.39 is 0 Å². The van der Waals surface area contributed by atoms with Gasteiger partial charge in [-0.3, -0.25) is 0 Å². The monoisotopic (exact) mass is 208 g/mol. The number of nitrogens with zero attached hydrogens (tertiary/aromatic N) is 3. The fourth-order valence-corrected chi connectivity index (χ4v) is 1.79. The van der Waals surface area contributed by atoms with Gasteiger partial charge in [0.1, 0.15) is 0 Å². The number of nitrogens with one attached hydrogen (secondary N) is 1. The molecule has 1 aliphatic rings. The molecule has 0 amide bonds. The molecule has 0 saturated carbocycles. The molecular formula is C11H20N4. The summed E-state index contributed by atoms with van der Waals surface area (Å²) in [5.74, 6) is 0.680. The molecule has 15 heavy (non-hydrogen) atoms. The number of imidazole rings is 1. The van der Waals surface area contributed by atoms with Crippen molar-refractivity contribution in [1.29, 1.82) is 0 Å². The molecular weight excluding hydrogens is 188 g/mol. The highest BCUT2D eigenvalue weighted by molar-refractivity contribution is 5.11. The molecule has 1 N–H and O–H groups in total. The van der Waals surface area contributed by atoms with Gasteiger partial charge < -0.3 is 14.8 Å². The average Bonchev–Trinajstić information content (AvgIpc) is 2.60. The standard InChI is InChI=1S/C11H20N4/c1-3-14(2)4-5-15-9-13-8-11(15)10-6-12-7-10/h8-10,12H,3-7H2,1-2H3. The molecule has 2 heterocycles. The first-order valence-corrected chi connectivity index (χ1v) is 5.70. The molecule has 1 aromatic heterocycles. The average molecular weight is 208 g/mol. The molecule has 1 aromatic rings. The van der Waals surface area contributed by atoms with Crippen LogP contribution in [0, 0.1) is 0 Å². The van der Waals surface area contributed by atoms with Crippen molar-refractivity contribution >= 4 is 0 Å². The SMILES string of the molecule is CCN(C)CCn1cncc1C1CNC1. The van der Waals surface area contributed by atoms with Gasteiger partial charge in [0.25, 0.3) is 0 Å². The molecule has 4 heteroatoms. The van der Waals surface area contributed by atoms with Crippen LogP contribution in [0.3, 0.4) is 0 Å². The van der Waals surface area contributed by atoms with Crippen molar-refractivity contribution < 1.29 is 0 Å². The lowest BCUT2D eigenvalue weighted by atomic mass is 10.00. The summed E-state index contributed by atoms with van der Waals surface area (Å²) in [6, 6.07) is 0. The molecule has 1 aliphatic heterocycles. The molecule has 0 spiro atoms. The van der Waals surface area contributed by atoms with Crippen LogP contribution in [0.1, 0.15) is 18.5 Å². The Hall–Kier alpha value is -0.870. The lowest BCUT2D eigenvalue weighted by molar-refractivity contribution is 0.328. The summed E-state index contributed by atoms with van der Waals surface area (Å²) in [6.45, 7) is 7.65. The lowest BCUT2D eigenvalue weighted by Gasteiger charge is -2.28. The minimum Gasteiger partial charge on any atom is -0.333 e. The summed E-state index contributed by atoms with van der Waals surface area (Å²) >= 11 is 0. The van der Waals surface area contributed by atoms with E-state index in [0.29, 0.717) is 5.92 Å². The molecule has 4 nitrogen and oxygen atoms in total. The van der Waals surface area contributed by atoms with Gasteiger partial charge in [0, 0.05) is 44.0 Å². The molecule has 2 rings (SSSR count). The van der Waals surface area contributed by atoms with Crippen LogP contribution < -0.4 is 5.32 Å². The van der Waals surface area contributed by atoms with E-state index in [1.807, 2.05) is 12.5 Å². The van der Waals surface area contributed by atoms with Gasteiger partial charge in [-0.25, -0.2) is 4.98 Å². The number of hydrogen-bond acceptors (Lipinski definition) is 3. The summed E-state index contributed by atoms with van der Waals surface area (Å²) in [4.78, 5) is 6.57. The van der Waals surface area contributed by atoms with Crippen LogP contribution in [0.4, 0.5) is 0 Å². The molecule has 0 bridgehead atoms. The van der Waals surface area contributed by atoms with Crippen molar-refractivity contribution in [2.24, 2.45) is 0 Å². The number of hydrogen-bond donors (Lipinski definition) is 1. The fourth-order valence-electron chi connectivity index (χ4n) is 1.79. The predicted molar refractivity (Wildman–Crippen MR) is 61.0 cm³/mol. The Morgan fingerprint density at radius 1 is 1.60 bits per heavy atom. The highest BCUT2D eigenvalue weighted by atomic mass is 15.1. The smallest absolute Gasteiger partial charge is 0.0948 e. The van der Waals surface area contributed by atoms with Crippen molar-refractivity contribution in [2.75, 3.05) is 33.2 Å². The van der Waals surface area contributed by atoms with Gasteiger partial charge in [0.2, 0.25) is 0 Å². The topological polar surface area (TPSA) is 33.1 Å². The summed E-state index contributed by atoms with van der Waals surface area (Å²) < 4.78 is 2.29. The minimum absolute atomic E-state index is 0.680. The normalized spacial score (nSPS) is 17.0. The molecule has 0 unspecified atom stereocenters. The van der Waals surface area contributed by atoms with Crippen LogP contribution in [0.5, 0.6) is 0 Å². The van der Waals surface area contributed by atoms with Crippen LogP contribution in [0.2, 0.25) is 0 Å². The zero-order chi connectivity index (χ0) is 10.7. The van der Waals surface area contributed by atoms with E-state index in [4.69, 9.17) is 0 Å². The van der Waals surface area contributed by atoms with Gasteiger partial charge in [-0.1, -0.05) is 6.92 Å². The number of likely N-dealkylation sites (N-methyl/N-ethyl adjacent to an activating group) is 1. The van der Waals surface area contributed by atoms with Crippen LogP contribution in [-0.4, -0.2) is 47.7 Å². The number of rotatable bonds is 5. The van der Waals surface area contributed by atoms with Crippen LogP contribution in [0.25, 0.3) is 0 Å². The highest BCUT2D eigenvalue weighted by Gasteiger charge is 2.22. The highest BCUT2D eigenvalue weighted by Crippen LogP contribution is 2.18. The summed E-state index contributed by atoms with van der Waals surface area (Å²) in [6.07, 6.45) is 3.97. The zero-order valence-corrected chi connectivity index (χ0v) is 9.61. The lowest BCUT2D eigenvalue weighted by Crippen LogP contribution is -2.41. The number of aromatic nitrogens is 2. The Labute approximate surface area is 91.3 Å².